The van der Waals surface area contributed by atoms with E-state index < -0.39 is 17.9 Å². The second-order valence-electron chi connectivity index (χ2n) is 11.1. The van der Waals surface area contributed by atoms with Gasteiger partial charge in [0, 0.05) is 48.3 Å². The van der Waals surface area contributed by atoms with Crippen LogP contribution in [0.25, 0.3) is 0 Å². The molecule has 9 heteroatoms. The fourth-order valence-corrected chi connectivity index (χ4v) is 5.98. The number of amides is 1. The van der Waals surface area contributed by atoms with E-state index in [2.05, 4.69) is 35.7 Å². The molecule has 1 amide bonds. The maximum atomic E-state index is 14.3. The predicted octanol–water partition coefficient (Wildman–Crippen LogP) is 6.35. The first-order valence-corrected chi connectivity index (χ1v) is 13.3. The van der Waals surface area contributed by atoms with Crippen LogP contribution in [-0.2, 0) is 10.2 Å². The number of aryl methyl sites for hydroxylation is 1. The molecule has 0 bridgehead atoms. The van der Waals surface area contributed by atoms with Crippen molar-refractivity contribution in [2.24, 2.45) is 5.92 Å². The highest BCUT2D eigenvalue weighted by molar-refractivity contribution is 7.09. The first-order chi connectivity index (χ1) is 17.4. The van der Waals surface area contributed by atoms with Crippen LogP contribution in [0.15, 0.2) is 48.2 Å². The zero-order valence-electron chi connectivity index (χ0n) is 22.1. The topological polar surface area (TPSA) is 106 Å². The number of nitrogens with zero attached hydrogens (tertiary/aromatic N) is 4. The van der Waals surface area contributed by atoms with E-state index in [1.807, 2.05) is 50.4 Å². The van der Waals surface area contributed by atoms with Crippen LogP contribution >= 0.6 is 11.3 Å². The molecule has 3 atom stereocenters. The number of hydrogen-bond acceptors (Lipinski definition) is 7. The summed E-state index contributed by atoms with van der Waals surface area (Å²) in [7, 11) is 0. The van der Waals surface area contributed by atoms with Gasteiger partial charge in [-0.25, -0.2) is 9.78 Å². The van der Waals surface area contributed by atoms with Gasteiger partial charge < -0.3 is 9.84 Å². The van der Waals surface area contributed by atoms with Crippen LogP contribution in [0.1, 0.15) is 91.7 Å². The van der Waals surface area contributed by atoms with Crippen LogP contribution in [-0.4, -0.2) is 42.7 Å². The van der Waals surface area contributed by atoms with E-state index in [4.69, 9.17) is 4.74 Å². The van der Waals surface area contributed by atoms with E-state index in [1.54, 1.807) is 23.5 Å². The van der Waals surface area contributed by atoms with Crippen LogP contribution in [0, 0.1) is 12.8 Å². The molecule has 0 saturated carbocycles. The Kier molecular flexibility index (Phi) is 7.37. The second-order valence-corrected chi connectivity index (χ2v) is 12.0. The van der Waals surface area contributed by atoms with Crippen LogP contribution < -0.4 is 0 Å². The SMILES string of the molecule is Cc1cnc([C@H]2C[C@](CC(C)C)(OC(=O)O)N(C(=O)c3ccc(C(C)(C)C)cc3)[C@H]2c2nccs2)cn1. The van der Waals surface area contributed by atoms with Gasteiger partial charge in [-0.3, -0.25) is 19.7 Å². The Bertz CT molecular complexity index is 1240. The summed E-state index contributed by atoms with van der Waals surface area (Å²) in [5, 5.41) is 12.4. The maximum Gasteiger partial charge on any atom is 0.507 e. The van der Waals surface area contributed by atoms with Gasteiger partial charge in [0.05, 0.1) is 17.4 Å². The first-order valence-electron chi connectivity index (χ1n) is 12.5. The molecule has 2 aromatic heterocycles. The van der Waals surface area contributed by atoms with Crippen LogP contribution in [0.3, 0.4) is 0 Å². The molecule has 1 aliphatic heterocycles. The number of benzene rings is 1. The van der Waals surface area contributed by atoms with Gasteiger partial charge in [0.25, 0.3) is 5.91 Å². The quantitative estimate of drug-likeness (QED) is 0.376. The van der Waals surface area contributed by atoms with Crippen molar-refractivity contribution < 1.29 is 19.4 Å². The molecule has 0 unspecified atom stereocenters. The molecule has 0 aliphatic carbocycles. The predicted molar refractivity (Wildman–Crippen MR) is 142 cm³/mol. The highest BCUT2D eigenvalue weighted by Crippen LogP contribution is 2.54. The van der Waals surface area contributed by atoms with Gasteiger partial charge in [-0.15, -0.1) is 11.3 Å². The van der Waals surface area contributed by atoms with Crippen molar-refractivity contribution in [2.45, 2.75) is 77.5 Å². The van der Waals surface area contributed by atoms with Gasteiger partial charge in [-0.05, 0) is 36.0 Å². The first kappa shape index (κ1) is 26.7. The second kappa shape index (κ2) is 10.2. The third-order valence-corrected chi connectivity index (χ3v) is 7.59. The fraction of sp³-hybridized carbons (Fsp3) is 0.464. The number of ether oxygens (including phenoxy) is 1. The number of carbonyl (C=O) groups excluding carboxylic acids is 1. The number of carboxylic acid groups (broad SMARTS) is 1. The molecule has 0 radical (unpaired) electrons. The van der Waals surface area contributed by atoms with Gasteiger partial charge in [-0.1, -0.05) is 46.8 Å². The summed E-state index contributed by atoms with van der Waals surface area (Å²) in [4.78, 5) is 41.6. The normalized spacial score (nSPS) is 21.9. The minimum atomic E-state index is -1.42. The van der Waals surface area contributed by atoms with Crippen LogP contribution in [0.2, 0.25) is 0 Å². The molecular weight excluding hydrogens is 488 g/mol. The Balaban J connectivity index is 1.89. The van der Waals surface area contributed by atoms with E-state index in [9.17, 15) is 14.7 Å². The van der Waals surface area contributed by atoms with Gasteiger partial charge in [0.1, 0.15) is 5.01 Å². The van der Waals surface area contributed by atoms with E-state index in [1.165, 1.54) is 11.3 Å². The molecular formula is C28H34N4O4S. The minimum absolute atomic E-state index is 0.0534. The molecule has 8 nitrogen and oxygen atoms in total. The van der Waals surface area contributed by atoms with Crippen molar-refractivity contribution in [1.82, 2.24) is 19.9 Å². The summed E-state index contributed by atoms with van der Waals surface area (Å²) in [6.07, 6.45) is 4.25. The smallest absolute Gasteiger partial charge is 0.450 e. The van der Waals surface area contributed by atoms with Crippen molar-refractivity contribution in [2.75, 3.05) is 0 Å². The number of thiazole rings is 1. The minimum Gasteiger partial charge on any atom is -0.450 e. The Morgan fingerprint density at radius 3 is 2.38 bits per heavy atom. The van der Waals surface area contributed by atoms with Gasteiger partial charge >= 0.3 is 6.16 Å². The number of rotatable bonds is 6. The monoisotopic (exact) mass is 522 g/mol. The largest absolute Gasteiger partial charge is 0.507 e. The standard InChI is InChI=1S/C28H34N4O4S/c1-17(2)13-28(36-26(34)35)14-21(22-16-30-18(3)15-31-22)23(24-29-11-12-37-24)32(28)25(33)19-7-9-20(10-8-19)27(4,5)6/h7-12,15-17,21,23H,13-14H2,1-6H3,(H,34,35)/t21-,23-,28+/m1/s1. The number of likely N-dealkylation sites (tertiary alicyclic amines) is 1. The van der Waals surface area contributed by atoms with Gasteiger partial charge in [0.2, 0.25) is 0 Å². The fourth-order valence-electron chi connectivity index (χ4n) is 5.19. The molecule has 37 heavy (non-hydrogen) atoms. The lowest BCUT2D eigenvalue weighted by Gasteiger charge is -2.40. The number of aromatic nitrogens is 3. The summed E-state index contributed by atoms with van der Waals surface area (Å²) in [6, 6.07) is 6.95. The maximum absolute atomic E-state index is 14.3. The zero-order chi connectivity index (χ0) is 27.0. The van der Waals surface area contributed by atoms with Crippen molar-refractivity contribution in [3.63, 3.8) is 0 Å². The Morgan fingerprint density at radius 1 is 1.16 bits per heavy atom. The molecule has 4 rings (SSSR count). The summed E-state index contributed by atoms with van der Waals surface area (Å²) in [5.41, 5.74) is 1.55. The van der Waals surface area contributed by atoms with Crippen molar-refractivity contribution in [3.05, 3.63) is 75.8 Å². The number of hydrogen-bond donors (Lipinski definition) is 1. The lowest BCUT2D eigenvalue weighted by Crippen LogP contribution is -2.52. The van der Waals surface area contributed by atoms with Crippen molar-refractivity contribution in [3.8, 4) is 0 Å². The van der Waals surface area contributed by atoms with Gasteiger partial charge in [0.15, 0.2) is 5.72 Å². The van der Waals surface area contributed by atoms with E-state index in [0.29, 0.717) is 22.7 Å². The highest BCUT2D eigenvalue weighted by Gasteiger charge is 2.59. The Hall–Kier alpha value is -3.33. The molecule has 0 spiro atoms. The van der Waals surface area contributed by atoms with Crippen LogP contribution in [0.5, 0.6) is 0 Å². The molecule has 1 aromatic carbocycles. The van der Waals surface area contributed by atoms with E-state index in [-0.39, 0.29) is 29.6 Å². The average molecular weight is 523 g/mol. The summed E-state index contributed by atoms with van der Waals surface area (Å²) in [5.74, 6) is -0.599. The third-order valence-electron chi connectivity index (χ3n) is 6.74. The van der Waals surface area contributed by atoms with E-state index in [0.717, 1.165) is 11.3 Å². The average Bonchev–Trinajstić information content (AvgIpc) is 3.44. The van der Waals surface area contributed by atoms with Crippen LogP contribution in [0.4, 0.5) is 4.79 Å². The van der Waals surface area contributed by atoms with Crippen molar-refractivity contribution in [1.29, 1.82) is 0 Å². The molecule has 196 valence electrons. The molecule has 3 heterocycles. The summed E-state index contributed by atoms with van der Waals surface area (Å²) < 4.78 is 5.70. The third kappa shape index (κ3) is 5.51. The van der Waals surface area contributed by atoms with E-state index >= 15 is 0 Å². The van der Waals surface area contributed by atoms with Crippen molar-refractivity contribution >= 4 is 23.4 Å². The zero-order valence-corrected chi connectivity index (χ0v) is 23.0. The Labute approximate surface area is 221 Å². The van der Waals surface area contributed by atoms with Gasteiger partial charge in [-0.2, -0.15) is 0 Å². The lowest BCUT2D eigenvalue weighted by molar-refractivity contribution is -0.108. The highest BCUT2D eigenvalue weighted by atomic mass is 32.1. The lowest BCUT2D eigenvalue weighted by atomic mass is 9.86. The molecule has 1 fully saturated rings. The molecule has 1 saturated heterocycles. The molecule has 1 N–H and O–H groups in total. The summed E-state index contributed by atoms with van der Waals surface area (Å²) in [6.45, 7) is 12.2. The number of carbonyl (C=O) groups is 2. The molecule has 3 aromatic rings. The Morgan fingerprint density at radius 2 is 1.86 bits per heavy atom. The molecule has 1 aliphatic rings. The summed E-state index contributed by atoms with van der Waals surface area (Å²) >= 11 is 1.43.